The van der Waals surface area contributed by atoms with E-state index in [0.29, 0.717) is 12.6 Å². The minimum atomic E-state index is 0.0264. The van der Waals surface area contributed by atoms with E-state index in [9.17, 15) is 4.79 Å². The molecule has 2 aromatic rings. The summed E-state index contributed by atoms with van der Waals surface area (Å²) < 4.78 is 0. The summed E-state index contributed by atoms with van der Waals surface area (Å²) in [5, 5.41) is 4.14. The molecule has 1 fully saturated rings. The Kier molecular flexibility index (Phi) is 7.37. The van der Waals surface area contributed by atoms with E-state index in [-0.39, 0.29) is 5.91 Å². The average Bonchev–Trinajstić information content (AvgIpc) is 3.09. The van der Waals surface area contributed by atoms with Crippen molar-refractivity contribution in [1.29, 1.82) is 0 Å². The second-order valence-corrected chi connectivity index (χ2v) is 8.43. The number of carbonyl (C=O) groups is 1. The van der Waals surface area contributed by atoms with E-state index in [4.69, 9.17) is 4.99 Å². The first-order valence-corrected chi connectivity index (χ1v) is 11.5. The Hall–Kier alpha value is -2.27. The first-order valence-electron chi connectivity index (χ1n) is 10.5. The number of carbonyl (C=O) groups excluding carboxylic acids is 1. The van der Waals surface area contributed by atoms with Crippen LogP contribution in [0.25, 0.3) is 0 Å². The number of thioether (sulfide) groups is 1. The van der Waals surface area contributed by atoms with Crippen LogP contribution >= 0.6 is 11.8 Å². The highest BCUT2D eigenvalue weighted by atomic mass is 32.2. The van der Waals surface area contributed by atoms with Crippen molar-refractivity contribution in [1.82, 2.24) is 4.90 Å². The third kappa shape index (κ3) is 5.21. The standard InChI is InChI=1S/C24H31N3OS/c1-5-18-11-9-12-19(6-2)23(18)26-22(28)15-27-21(7-3)16-29-24(27)25-20-13-8-10-17(4)14-20/h8-14,21H,5-7,15-16H2,1-4H3,(H,26,28). The van der Waals surface area contributed by atoms with Gasteiger partial charge in [0.25, 0.3) is 0 Å². The molecule has 0 aromatic heterocycles. The number of anilines is 1. The number of para-hydroxylation sites is 1. The van der Waals surface area contributed by atoms with Gasteiger partial charge in [-0.2, -0.15) is 0 Å². The molecule has 1 aliphatic rings. The summed E-state index contributed by atoms with van der Waals surface area (Å²) in [5.74, 6) is 0.999. The average molecular weight is 410 g/mol. The van der Waals surface area contributed by atoms with Gasteiger partial charge in [-0.3, -0.25) is 4.79 Å². The highest BCUT2D eigenvalue weighted by Gasteiger charge is 2.30. The number of hydrogen-bond acceptors (Lipinski definition) is 3. The number of amidine groups is 1. The van der Waals surface area contributed by atoms with E-state index in [1.54, 1.807) is 11.8 Å². The van der Waals surface area contributed by atoms with Gasteiger partial charge in [-0.05, 0) is 55.0 Å². The van der Waals surface area contributed by atoms with Crippen LogP contribution in [0.2, 0.25) is 0 Å². The lowest BCUT2D eigenvalue weighted by molar-refractivity contribution is -0.116. The maximum absolute atomic E-state index is 13.0. The maximum Gasteiger partial charge on any atom is 0.243 e. The molecule has 29 heavy (non-hydrogen) atoms. The molecule has 1 unspecified atom stereocenters. The molecule has 1 heterocycles. The molecule has 5 heteroatoms. The van der Waals surface area contributed by atoms with Crippen LogP contribution < -0.4 is 5.32 Å². The van der Waals surface area contributed by atoms with Crippen molar-refractivity contribution in [3.05, 3.63) is 59.2 Å². The Morgan fingerprint density at radius 1 is 1.14 bits per heavy atom. The van der Waals surface area contributed by atoms with Crippen molar-refractivity contribution in [2.75, 3.05) is 17.6 Å². The first-order chi connectivity index (χ1) is 14.0. The van der Waals surface area contributed by atoms with Gasteiger partial charge in [0.05, 0.1) is 12.2 Å². The number of benzene rings is 2. The summed E-state index contributed by atoms with van der Waals surface area (Å²) in [4.78, 5) is 20.0. The molecule has 1 aliphatic heterocycles. The largest absolute Gasteiger partial charge is 0.338 e. The Labute approximate surface area is 178 Å². The van der Waals surface area contributed by atoms with E-state index in [1.165, 1.54) is 16.7 Å². The predicted octanol–water partition coefficient (Wildman–Crippen LogP) is 5.57. The van der Waals surface area contributed by atoms with Crippen molar-refractivity contribution in [3.63, 3.8) is 0 Å². The van der Waals surface area contributed by atoms with Crippen LogP contribution in [0.4, 0.5) is 11.4 Å². The predicted molar refractivity (Wildman–Crippen MR) is 125 cm³/mol. The van der Waals surface area contributed by atoms with Crippen LogP contribution in [0.5, 0.6) is 0 Å². The molecular weight excluding hydrogens is 378 g/mol. The number of nitrogens with zero attached hydrogens (tertiary/aromatic N) is 2. The van der Waals surface area contributed by atoms with Gasteiger partial charge in [0, 0.05) is 17.5 Å². The van der Waals surface area contributed by atoms with E-state index >= 15 is 0 Å². The molecule has 1 atom stereocenters. The van der Waals surface area contributed by atoms with Gasteiger partial charge in [-0.25, -0.2) is 4.99 Å². The topological polar surface area (TPSA) is 44.7 Å². The quantitative estimate of drug-likeness (QED) is 0.650. The number of aryl methyl sites for hydroxylation is 3. The van der Waals surface area contributed by atoms with Gasteiger partial charge >= 0.3 is 0 Å². The number of aliphatic imine (C=N–C) groups is 1. The summed E-state index contributed by atoms with van der Waals surface area (Å²) in [6, 6.07) is 14.8. The highest BCUT2D eigenvalue weighted by Crippen LogP contribution is 2.29. The van der Waals surface area contributed by atoms with Crippen molar-refractivity contribution in [2.24, 2.45) is 4.99 Å². The zero-order valence-corrected chi connectivity index (χ0v) is 18.7. The van der Waals surface area contributed by atoms with Gasteiger partial charge in [-0.1, -0.05) is 62.9 Å². The summed E-state index contributed by atoms with van der Waals surface area (Å²) in [7, 11) is 0. The maximum atomic E-state index is 13.0. The molecule has 2 aromatic carbocycles. The molecule has 4 nitrogen and oxygen atoms in total. The van der Waals surface area contributed by atoms with E-state index in [1.807, 2.05) is 12.1 Å². The third-order valence-electron chi connectivity index (χ3n) is 5.37. The fourth-order valence-corrected chi connectivity index (χ4v) is 4.98. The highest BCUT2D eigenvalue weighted by molar-refractivity contribution is 8.14. The van der Waals surface area contributed by atoms with Crippen LogP contribution in [0.1, 0.15) is 43.9 Å². The summed E-state index contributed by atoms with van der Waals surface area (Å²) in [6.45, 7) is 8.83. The van der Waals surface area contributed by atoms with E-state index in [0.717, 1.165) is 41.6 Å². The van der Waals surface area contributed by atoms with Crippen molar-refractivity contribution in [3.8, 4) is 0 Å². The van der Waals surface area contributed by atoms with Gasteiger partial charge in [0.1, 0.15) is 0 Å². The third-order valence-corrected chi connectivity index (χ3v) is 6.50. The Morgan fingerprint density at radius 2 is 1.83 bits per heavy atom. The minimum absolute atomic E-state index is 0.0264. The van der Waals surface area contributed by atoms with Crippen molar-refractivity contribution in [2.45, 2.75) is 53.0 Å². The van der Waals surface area contributed by atoms with Gasteiger partial charge < -0.3 is 10.2 Å². The monoisotopic (exact) mass is 409 g/mol. The molecule has 154 valence electrons. The number of amides is 1. The summed E-state index contributed by atoms with van der Waals surface area (Å²) in [5.41, 5.74) is 5.50. The first kappa shape index (κ1) is 21.4. The number of hydrogen-bond donors (Lipinski definition) is 1. The van der Waals surface area contributed by atoms with Crippen molar-refractivity contribution >= 4 is 34.2 Å². The zero-order chi connectivity index (χ0) is 20.8. The Morgan fingerprint density at radius 3 is 2.45 bits per heavy atom. The lowest BCUT2D eigenvalue weighted by Crippen LogP contribution is -2.40. The molecule has 1 N–H and O–H groups in total. The van der Waals surface area contributed by atoms with Gasteiger partial charge in [0.15, 0.2) is 5.17 Å². The second-order valence-electron chi connectivity index (χ2n) is 7.44. The van der Waals surface area contributed by atoms with Crippen LogP contribution in [0.15, 0.2) is 47.5 Å². The minimum Gasteiger partial charge on any atom is -0.338 e. The fourth-order valence-electron chi connectivity index (χ4n) is 3.68. The molecule has 1 saturated heterocycles. The molecule has 0 radical (unpaired) electrons. The van der Waals surface area contributed by atoms with Gasteiger partial charge in [0.2, 0.25) is 5.91 Å². The van der Waals surface area contributed by atoms with Gasteiger partial charge in [-0.15, -0.1) is 0 Å². The molecular formula is C24H31N3OS. The zero-order valence-electron chi connectivity index (χ0n) is 17.9. The number of nitrogens with one attached hydrogen (secondary N) is 1. The molecule has 0 bridgehead atoms. The van der Waals surface area contributed by atoms with Crippen LogP contribution in [0, 0.1) is 6.92 Å². The second kappa shape index (κ2) is 9.97. The SMILES string of the molecule is CCc1cccc(CC)c1NC(=O)CN1C(=Nc2cccc(C)c2)SCC1CC. The summed E-state index contributed by atoms with van der Waals surface area (Å²) >= 11 is 1.74. The van der Waals surface area contributed by atoms with Crippen LogP contribution in [-0.4, -0.2) is 34.3 Å². The molecule has 0 saturated carbocycles. The summed E-state index contributed by atoms with van der Waals surface area (Å²) in [6.07, 6.45) is 2.81. The van der Waals surface area contributed by atoms with Crippen molar-refractivity contribution < 1.29 is 4.79 Å². The smallest absolute Gasteiger partial charge is 0.243 e. The molecule has 0 aliphatic carbocycles. The Balaban J connectivity index is 1.80. The normalized spacial score (nSPS) is 17.7. The van der Waals surface area contributed by atoms with E-state index < -0.39 is 0 Å². The molecule has 1 amide bonds. The van der Waals surface area contributed by atoms with Crippen LogP contribution in [-0.2, 0) is 17.6 Å². The number of rotatable bonds is 7. The fraction of sp³-hybridized carbons (Fsp3) is 0.417. The Bertz CT molecular complexity index is 871. The van der Waals surface area contributed by atoms with E-state index in [2.05, 4.69) is 68.2 Å². The molecule has 0 spiro atoms. The lowest BCUT2D eigenvalue weighted by atomic mass is 10.0. The van der Waals surface area contributed by atoms with Crippen LogP contribution in [0.3, 0.4) is 0 Å². The molecule has 3 rings (SSSR count). The lowest BCUT2D eigenvalue weighted by Gasteiger charge is -2.25.